The largest absolute Gasteiger partial charge is 0.468 e. The lowest BCUT2D eigenvalue weighted by molar-refractivity contribution is -0.128. The summed E-state index contributed by atoms with van der Waals surface area (Å²) in [7, 11) is 0. The molecule has 0 unspecified atom stereocenters. The van der Waals surface area contributed by atoms with Gasteiger partial charge in [-0.15, -0.1) is 0 Å². The van der Waals surface area contributed by atoms with Crippen molar-refractivity contribution in [3.8, 4) is 0 Å². The van der Waals surface area contributed by atoms with Crippen molar-refractivity contribution in [3.05, 3.63) is 17.7 Å². The minimum Gasteiger partial charge on any atom is -0.468 e. The van der Waals surface area contributed by atoms with Crippen LogP contribution >= 0.6 is 0 Å². The Morgan fingerprint density at radius 2 is 2.53 bits per heavy atom. The highest BCUT2D eigenvalue weighted by Crippen LogP contribution is 2.04. The van der Waals surface area contributed by atoms with E-state index in [-0.39, 0.29) is 0 Å². The Morgan fingerprint density at radius 3 is 3.07 bits per heavy atom. The molecule has 0 saturated carbocycles. The number of hydrogen-bond acceptors (Lipinski definition) is 4. The van der Waals surface area contributed by atoms with Gasteiger partial charge in [0, 0.05) is 19.3 Å². The molecule has 84 valence electrons. The fourth-order valence-corrected chi connectivity index (χ4v) is 1.40. The molecule has 0 spiro atoms. The molecular weight excluding hydrogens is 194 g/mol. The lowest BCUT2D eigenvalue weighted by Crippen LogP contribution is -2.27. The van der Waals surface area contributed by atoms with Crippen LogP contribution in [-0.2, 0) is 22.6 Å². The topological polar surface area (TPSA) is 56.2 Å². The average molecular weight is 211 g/mol. The van der Waals surface area contributed by atoms with Gasteiger partial charge in [0.25, 0.3) is 6.47 Å². The van der Waals surface area contributed by atoms with Crippen molar-refractivity contribution in [2.75, 3.05) is 13.2 Å². The van der Waals surface area contributed by atoms with E-state index in [2.05, 4.69) is 25.8 Å². The highest BCUT2D eigenvalue weighted by molar-refractivity contribution is 5.36. The minimum absolute atomic E-state index is 0.431. The summed E-state index contributed by atoms with van der Waals surface area (Å²) in [4.78, 5) is 13.5. The lowest BCUT2D eigenvalue weighted by atomic mass is 10.4. The summed E-state index contributed by atoms with van der Waals surface area (Å²) in [5.41, 5.74) is 1.12. The second kappa shape index (κ2) is 6.19. The van der Waals surface area contributed by atoms with Gasteiger partial charge in [0.05, 0.1) is 18.8 Å². The molecule has 0 aliphatic carbocycles. The van der Waals surface area contributed by atoms with Gasteiger partial charge in [0.2, 0.25) is 0 Å². The zero-order valence-corrected chi connectivity index (χ0v) is 9.19. The van der Waals surface area contributed by atoms with Crippen molar-refractivity contribution in [2.24, 2.45) is 0 Å². The van der Waals surface area contributed by atoms with Crippen LogP contribution in [0.5, 0.6) is 0 Å². The number of carbonyl (C=O) groups excluding carboxylic acids is 1. The molecule has 1 aromatic heterocycles. The Morgan fingerprint density at radius 1 is 1.73 bits per heavy atom. The van der Waals surface area contributed by atoms with Gasteiger partial charge in [-0.25, -0.2) is 4.98 Å². The van der Waals surface area contributed by atoms with Crippen molar-refractivity contribution >= 4 is 6.47 Å². The van der Waals surface area contributed by atoms with Gasteiger partial charge in [0.15, 0.2) is 0 Å². The standard InChI is InChI=1S/C7H11N3.C3H6O2/c1-6-5-10-3-2-8-4-7(10)9-6;1-2-5-3-4/h5,8H,2-4H2,1H3;3H,2H2,1H3. The van der Waals surface area contributed by atoms with Crippen molar-refractivity contribution in [1.82, 2.24) is 14.9 Å². The number of carbonyl (C=O) groups is 1. The number of rotatable bonds is 2. The quantitative estimate of drug-likeness (QED) is 0.723. The van der Waals surface area contributed by atoms with Crippen molar-refractivity contribution in [3.63, 3.8) is 0 Å². The first-order valence-corrected chi connectivity index (χ1v) is 5.06. The Hall–Kier alpha value is -1.36. The van der Waals surface area contributed by atoms with Crippen LogP contribution in [0.2, 0.25) is 0 Å². The number of nitrogens with zero attached hydrogens (tertiary/aromatic N) is 2. The van der Waals surface area contributed by atoms with E-state index in [1.807, 2.05) is 6.92 Å². The van der Waals surface area contributed by atoms with Crippen molar-refractivity contribution in [2.45, 2.75) is 26.9 Å². The van der Waals surface area contributed by atoms with Gasteiger partial charge in [-0.1, -0.05) is 0 Å². The van der Waals surface area contributed by atoms with Crippen LogP contribution in [0.25, 0.3) is 0 Å². The van der Waals surface area contributed by atoms with E-state index in [1.165, 1.54) is 5.82 Å². The molecule has 1 N–H and O–H groups in total. The number of hydrogen-bond donors (Lipinski definition) is 1. The predicted molar refractivity (Wildman–Crippen MR) is 56.4 cm³/mol. The van der Waals surface area contributed by atoms with Crippen LogP contribution in [0.15, 0.2) is 6.20 Å². The monoisotopic (exact) mass is 211 g/mol. The lowest BCUT2D eigenvalue weighted by Gasteiger charge is -2.13. The molecule has 0 atom stereocenters. The van der Waals surface area contributed by atoms with Crippen LogP contribution in [0, 0.1) is 6.92 Å². The van der Waals surface area contributed by atoms with E-state index >= 15 is 0 Å². The first kappa shape index (κ1) is 11.7. The molecule has 0 fully saturated rings. The summed E-state index contributed by atoms with van der Waals surface area (Å²) < 4.78 is 6.37. The molecule has 5 heteroatoms. The number of ether oxygens (including phenoxy) is 1. The molecule has 1 aliphatic rings. The van der Waals surface area contributed by atoms with Crippen LogP contribution in [-0.4, -0.2) is 29.2 Å². The molecule has 0 aromatic carbocycles. The fraction of sp³-hybridized carbons (Fsp3) is 0.600. The summed E-state index contributed by atoms with van der Waals surface area (Å²) in [6.07, 6.45) is 2.11. The maximum atomic E-state index is 9.18. The zero-order valence-electron chi connectivity index (χ0n) is 9.19. The van der Waals surface area contributed by atoms with E-state index in [4.69, 9.17) is 0 Å². The number of aromatic nitrogens is 2. The minimum atomic E-state index is 0.431. The highest BCUT2D eigenvalue weighted by Gasteiger charge is 2.08. The molecule has 1 aliphatic heterocycles. The fourth-order valence-electron chi connectivity index (χ4n) is 1.40. The third-order valence-corrected chi connectivity index (χ3v) is 2.03. The molecule has 15 heavy (non-hydrogen) atoms. The van der Waals surface area contributed by atoms with E-state index in [0.29, 0.717) is 13.1 Å². The van der Waals surface area contributed by atoms with Crippen LogP contribution < -0.4 is 5.32 Å². The number of aryl methyl sites for hydroxylation is 1. The van der Waals surface area contributed by atoms with E-state index < -0.39 is 0 Å². The second-order valence-electron chi connectivity index (χ2n) is 3.22. The summed E-state index contributed by atoms with van der Waals surface area (Å²) in [6, 6.07) is 0. The average Bonchev–Trinajstić information content (AvgIpc) is 2.60. The molecule has 0 saturated heterocycles. The Labute approximate surface area is 89.4 Å². The summed E-state index contributed by atoms with van der Waals surface area (Å²) >= 11 is 0. The van der Waals surface area contributed by atoms with Crippen LogP contribution in [0.4, 0.5) is 0 Å². The Balaban J connectivity index is 0.000000195. The van der Waals surface area contributed by atoms with Gasteiger partial charge in [0.1, 0.15) is 5.82 Å². The molecule has 0 amide bonds. The van der Waals surface area contributed by atoms with E-state index in [1.54, 1.807) is 6.92 Å². The SMILES string of the molecule is CCOC=O.Cc1cn2c(n1)CNCC2. The maximum absolute atomic E-state index is 9.18. The summed E-state index contributed by atoms with van der Waals surface area (Å²) in [5, 5.41) is 3.27. The molecule has 0 bridgehead atoms. The summed E-state index contributed by atoms with van der Waals surface area (Å²) in [5.74, 6) is 1.17. The van der Waals surface area contributed by atoms with Gasteiger partial charge in [-0.05, 0) is 13.8 Å². The second-order valence-corrected chi connectivity index (χ2v) is 3.22. The smallest absolute Gasteiger partial charge is 0.293 e. The van der Waals surface area contributed by atoms with Gasteiger partial charge >= 0.3 is 0 Å². The molecule has 0 radical (unpaired) electrons. The van der Waals surface area contributed by atoms with E-state index in [0.717, 1.165) is 25.3 Å². The third kappa shape index (κ3) is 3.71. The van der Waals surface area contributed by atoms with Crippen LogP contribution in [0.1, 0.15) is 18.4 Å². The van der Waals surface area contributed by atoms with Gasteiger partial charge in [-0.3, -0.25) is 4.79 Å². The predicted octanol–water partition coefficient (Wildman–Crippen LogP) is 0.474. The van der Waals surface area contributed by atoms with E-state index in [9.17, 15) is 4.79 Å². The normalized spacial score (nSPS) is 13.5. The van der Waals surface area contributed by atoms with Crippen LogP contribution in [0.3, 0.4) is 0 Å². The van der Waals surface area contributed by atoms with Crippen molar-refractivity contribution in [1.29, 1.82) is 0 Å². The number of nitrogens with one attached hydrogen (secondary N) is 1. The Bertz CT molecular complexity index is 286. The zero-order chi connectivity index (χ0) is 11.1. The molecule has 1 aromatic rings. The van der Waals surface area contributed by atoms with Gasteiger partial charge < -0.3 is 14.6 Å². The molecule has 2 heterocycles. The first-order valence-electron chi connectivity index (χ1n) is 5.06. The Kier molecular flexibility index (Phi) is 4.83. The summed E-state index contributed by atoms with van der Waals surface area (Å²) in [6.45, 7) is 7.76. The maximum Gasteiger partial charge on any atom is 0.293 e. The molecular formula is C10H17N3O2. The highest BCUT2D eigenvalue weighted by atomic mass is 16.5. The first-order chi connectivity index (χ1) is 7.27. The number of fused-ring (bicyclic) bond motifs is 1. The number of imidazole rings is 1. The molecule has 5 nitrogen and oxygen atoms in total. The van der Waals surface area contributed by atoms with Gasteiger partial charge in [-0.2, -0.15) is 0 Å². The van der Waals surface area contributed by atoms with Crippen molar-refractivity contribution < 1.29 is 9.53 Å². The molecule has 2 rings (SSSR count). The third-order valence-electron chi connectivity index (χ3n) is 2.03.